The smallest absolute Gasteiger partial charge is 0.336 e. The van der Waals surface area contributed by atoms with Gasteiger partial charge in [-0.2, -0.15) is 0 Å². The average molecular weight is 388 g/mol. The SMILES string of the molecule is O=C1CC[C@H](NCS(=O)(=O)C=C2C=C(c3ccccc3)C(C(=O)O)=CC2)N1. The molecule has 1 aromatic carbocycles. The number of aliphatic carboxylic acids is 1. The van der Waals surface area contributed by atoms with Crippen LogP contribution in [0.2, 0.25) is 0 Å². The lowest BCUT2D eigenvalue weighted by Gasteiger charge is -2.16. The van der Waals surface area contributed by atoms with Crippen LogP contribution in [0.3, 0.4) is 0 Å². The summed E-state index contributed by atoms with van der Waals surface area (Å²) in [5, 5.41) is 16.1. The van der Waals surface area contributed by atoms with Gasteiger partial charge in [0.05, 0.1) is 11.7 Å². The first kappa shape index (κ1) is 19.1. The van der Waals surface area contributed by atoms with Gasteiger partial charge in [0.25, 0.3) is 0 Å². The Morgan fingerprint density at radius 1 is 1.30 bits per heavy atom. The molecule has 1 saturated heterocycles. The monoisotopic (exact) mass is 388 g/mol. The maximum Gasteiger partial charge on any atom is 0.336 e. The van der Waals surface area contributed by atoms with E-state index in [1.807, 2.05) is 6.07 Å². The van der Waals surface area contributed by atoms with Gasteiger partial charge in [0.15, 0.2) is 9.84 Å². The predicted octanol–water partition coefficient (Wildman–Crippen LogP) is 1.57. The molecular formula is C19H20N2O5S. The highest BCUT2D eigenvalue weighted by Crippen LogP contribution is 2.31. The van der Waals surface area contributed by atoms with Gasteiger partial charge in [0.1, 0.15) is 5.88 Å². The van der Waals surface area contributed by atoms with Gasteiger partial charge in [-0.3, -0.25) is 10.1 Å². The van der Waals surface area contributed by atoms with Crippen molar-refractivity contribution in [3.63, 3.8) is 0 Å². The van der Waals surface area contributed by atoms with E-state index in [4.69, 9.17) is 0 Å². The highest BCUT2D eigenvalue weighted by molar-refractivity contribution is 7.94. The van der Waals surface area contributed by atoms with E-state index in [0.717, 1.165) is 5.41 Å². The Morgan fingerprint density at radius 3 is 2.67 bits per heavy atom. The Bertz CT molecular complexity index is 946. The van der Waals surface area contributed by atoms with Crippen molar-refractivity contribution in [2.45, 2.75) is 25.4 Å². The number of sulfone groups is 1. The summed E-state index contributed by atoms with van der Waals surface area (Å²) in [6, 6.07) is 8.98. The molecule has 142 valence electrons. The molecule has 0 radical (unpaired) electrons. The molecule has 1 fully saturated rings. The molecule has 2 aliphatic rings. The third kappa shape index (κ3) is 4.93. The quantitative estimate of drug-likeness (QED) is 0.682. The molecular weight excluding hydrogens is 368 g/mol. The van der Waals surface area contributed by atoms with Crippen molar-refractivity contribution in [3.05, 3.63) is 64.6 Å². The first-order valence-electron chi connectivity index (χ1n) is 8.51. The fraction of sp³-hybridized carbons (Fsp3) is 0.263. The Kier molecular flexibility index (Phi) is 5.57. The number of rotatable bonds is 6. The molecule has 1 aliphatic heterocycles. The molecule has 0 unspecified atom stereocenters. The minimum Gasteiger partial charge on any atom is -0.478 e. The number of carboxylic acid groups (broad SMARTS) is 1. The number of carbonyl (C=O) groups is 2. The van der Waals surface area contributed by atoms with Gasteiger partial charge in [-0.1, -0.05) is 36.4 Å². The maximum atomic E-state index is 12.4. The summed E-state index contributed by atoms with van der Waals surface area (Å²) in [6.45, 7) is 0. The summed E-state index contributed by atoms with van der Waals surface area (Å²) in [5.41, 5.74) is 1.85. The first-order valence-corrected chi connectivity index (χ1v) is 10.2. The van der Waals surface area contributed by atoms with Gasteiger partial charge in [0, 0.05) is 11.8 Å². The number of benzene rings is 1. The van der Waals surface area contributed by atoms with E-state index in [1.54, 1.807) is 30.3 Å². The van der Waals surface area contributed by atoms with Crippen LogP contribution in [0.5, 0.6) is 0 Å². The van der Waals surface area contributed by atoms with Gasteiger partial charge in [-0.15, -0.1) is 0 Å². The number of carboxylic acids is 1. The van der Waals surface area contributed by atoms with Crippen molar-refractivity contribution >= 4 is 27.3 Å². The largest absolute Gasteiger partial charge is 0.478 e. The Hall–Kier alpha value is -2.71. The summed E-state index contributed by atoms with van der Waals surface area (Å²) in [4.78, 5) is 22.7. The molecule has 1 aromatic rings. The second kappa shape index (κ2) is 7.89. The van der Waals surface area contributed by atoms with Crippen molar-refractivity contribution in [3.8, 4) is 0 Å². The number of hydrogen-bond donors (Lipinski definition) is 3. The standard InChI is InChI=1S/C19H20N2O5S/c22-18-9-8-17(21-18)20-12-27(25,26)11-13-6-7-15(19(23)24)16(10-13)14-4-2-1-3-5-14/h1-5,7,10-11,17,20H,6,8-9,12H2,(H,21,22)(H,23,24)/t17-/m1/s1. The van der Waals surface area contributed by atoms with E-state index in [2.05, 4.69) is 10.6 Å². The predicted molar refractivity (Wildman–Crippen MR) is 101 cm³/mol. The fourth-order valence-electron chi connectivity index (χ4n) is 3.05. The Labute approximate surface area is 157 Å². The summed E-state index contributed by atoms with van der Waals surface area (Å²) >= 11 is 0. The second-order valence-corrected chi connectivity index (χ2v) is 8.26. The summed E-state index contributed by atoms with van der Waals surface area (Å²) in [6.07, 6.45) is 3.94. The fourth-order valence-corrected chi connectivity index (χ4v) is 4.19. The van der Waals surface area contributed by atoms with Crippen molar-refractivity contribution < 1.29 is 23.1 Å². The van der Waals surface area contributed by atoms with E-state index in [-0.39, 0.29) is 29.9 Å². The van der Waals surface area contributed by atoms with Crippen LogP contribution in [0.25, 0.3) is 5.57 Å². The van der Waals surface area contributed by atoms with Crippen LogP contribution in [0.15, 0.2) is 59.0 Å². The van der Waals surface area contributed by atoms with Crippen LogP contribution in [0, 0.1) is 0 Å². The molecule has 1 aliphatic carbocycles. The number of hydrogen-bond acceptors (Lipinski definition) is 5. The van der Waals surface area contributed by atoms with Gasteiger partial charge >= 0.3 is 5.97 Å². The molecule has 8 heteroatoms. The maximum absolute atomic E-state index is 12.4. The van der Waals surface area contributed by atoms with E-state index in [1.165, 1.54) is 6.08 Å². The van der Waals surface area contributed by atoms with Gasteiger partial charge in [0.2, 0.25) is 5.91 Å². The van der Waals surface area contributed by atoms with Gasteiger partial charge < -0.3 is 10.4 Å². The molecule has 0 aromatic heterocycles. The Morgan fingerprint density at radius 2 is 2.04 bits per heavy atom. The number of carbonyl (C=O) groups excluding carboxylic acids is 1. The van der Waals surface area contributed by atoms with Crippen LogP contribution >= 0.6 is 0 Å². The van der Waals surface area contributed by atoms with Gasteiger partial charge in [-0.05, 0) is 35.6 Å². The minimum absolute atomic E-state index is 0.0997. The van der Waals surface area contributed by atoms with Crippen LogP contribution in [0.1, 0.15) is 24.8 Å². The van der Waals surface area contributed by atoms with Crippen LogP contribution < -0.4 is 10.6 Å². The lowest BCUT2D eigenvalue weighted by Crippen LogP contribution is -2.41. The zero-order chi connectivity index (χ0) is 19.4. The van der Waals surface area contributed by atoms with Crippen molar-refractivity contribution in [1.29, 1.82) is 0 Å². The molecule has 1 amide bonds. The van der Waals surface area contributed by atoms with Crippen molar-refractivity contribution in [2.24, 2.45) is 0 Å². The summed E-state index contributed by atoms with van der Waals surface area (Å²) < 4.78 is 24.8. The third-order valence-corrected chi connectivity index (χ3v) is 5.57. The number of nitrogens with one attached hydrogen (secondary N) is 2. The molecule has 1 heterocycles. The normalized spacial score (nSPS) is 21.6. The zero-order valence-corrected chi connectivity index (χ0v) is 15.3. The topological polar surface area (TPSA) is 113 Å². The molecule has 0 saturated carbocycles. The average Bonchev–Trinajstić information content (AvgIpc) is 3.06. The molecule has 1 atom stereocenters. The molecule has 3 N–H and O–H groups in total. The van der Waals surface area contributed by atoms with Crippen molar-refractivity contribution in [2.75, 3.05) is 5.88 Å². The van der Waals surface area contributed by atoms with Gasteiger partial charge in [-0.25, -0.2) is 13.2 Å². The highest BCUT2D eigenvalue weighted by Gasteiger charge is 2.23. The molecule has 7 nitrogen and oxygen atoms in total. The van der Waals surface area contributed by atoms with Crippen LogP contribution in [-0.4, -0.2) is 37.4 Å². The molecule has 0 spiro atoms. The minimum atomic E-state index is -3.58. The van der Waals surface area contributed by atoms with Crippen molar-refractivity contribution in [1.82, 2.24) is 10.6 Å². The molecule has 27 heavy (non-hydrogen) atoms. The third-order valence-electron chi connectivity index (χ3n) is 4.33. The highest BCUT2D eigenvalue weighted by atomic mass is 32.2. The molecule has 0 bridgehead atoms. The number of amides is 1. The Balaban J connectivity index is 1.80. The molecule has 3 rings (SSSR count). The number of allylic oxidation sites excluding steroid dienone is 3. The van der Waals surface area contributed by atoms with E-state index < -0.39 is 15.8 Å². The lowest BCUT2D eigenvalue weighted by molar-refractivity contribution is -0.132. The second-order valence-electron chi connectivity index (χ2n) is 6.41. The zero-order valence-electron chi connectivity index (χ0n) is 14.5. The van der Waals surface area contributed by atoms with E-state index in [9.17, 15) is 23.1 Å². The van der Waals surface area contributed by atoms with Crippen LogP contribution in [-0.2, 0) is 19.4 Å². The van der Waals surface area contributed by atoms with E-state index in [0.29, 0.717) is 29.6 Å². The summed E-state index contributed by atoms with van der Waals surface area (Å²) in [5.74, 6) is -1.45. The first-order chi connectivity index (χ1) is 12.8. The van der Waals surface area contributed by atoms with Crippen LogP contribution in [0.4, 0.5) is 0 Å². The van der Waals surface area contributed by atoms with E-state index >= 15 is 0 Å². The lowest BCUT2D eigenvalue weighted by atomic mass is 9.90. The summed E-state index contributed by atoms with van der Waals surface area (Å²) in [7, 11) is -3.58.